The Morgan fingerprint density at radius 3 is 2.93 bits per heavy atom. The predicted octanol–water partition coefficient (Wildman–Crippen LogP) is 0.312. The number of rotatable bonds is 1. The number of likely N-dealkylation sites (N-methyl/N-ethyl adjacent to an activating group) is 1. The lowest BCUT2D eigenvalue weighted by molar-refractivity contribution is -0.127. The first kappa shape index (κ1) is 9.15. The van der Waals surface area contributed by atoms with Crippen LogP contribution < -0.4 is 5.73 Å². The Labute approximate surface area is 82.7 Å². The maximum absolute atomic E-state index is 11.4. The van der Waals surface area contributed by atoms with Crippen LogP contribution in [-0.2, 0) is 4.79 Å². The molecule has 4 nitrogen and oxygen atoms in total. The van der Waals surface area contributed by atoms with Crippen molar-refractivity contribution in [2.24, 2.45) is 5.73 Å². The molecule has 0 radical (unpaired) electrons. The number of hydrogen-bond acceptors (Lipinski definition) is 3. The molecule has 0 aromatic carbocycles. The summed E-state index contributed by atoms with van der Waals surface area (Å²) in [6.07, 6.45) is 3.90. The van der Waals surface area contributed by atoms with Crippen molar-refractivity contribution < 1.29 is 4.79 Å². The third-order valence-corrected chi connectivity index (χ3v) is 2.65. The third kappa shape index (κ3) is 1.37. The number of nitrogens with two attached hydrogens (primary N) is 1. The normalized spacial score (nSPS) is 27.0. The highest BCUT2D eigenvalue weighted by atomic mass is 16.2. The number of aromatic nitrogens is 1. The Bertz CT molecular complexity index is 338. The van der Waals surface area contributed by atoms with Crippen molar-refractivity contribution in [3.8, 4) is 0 Å². The van der Waals surface area contributed by atoms with Crippen LogP contribution in [0.25, 0.3) is 0 Å². The van der Waals surface area contributed by atoms with Crippen LogP contribution in [0.2, 0.25) is 0 Å². The molecule has 2 heterocycles. The number of pyridine rings is 1. The molecule has 1 fully saturated rings. The number of carbonyl (C=O) groups is 1. The molecule has 0 aliphatic carbocycles. The van der Waals surface area contributed by atoms with Crippen molar-refractivity contribution in [3.63, 3.8) is 0 Å². The number of hydrogen-bond donors (Lipinski definition) is 1. The molecule has 1 saturated heterocycles. The van der Waals surface area contributed by atoms with E-state index in [-0.39, 0.29) is 18.0 Å². The van der Waals surface area contributed by atoms with Crippen LogP contribution in [0.15, 0.2) is 24.5 Å². The average molecular weight is 191 g/mol. The second-order valence-electron chi connectivity index (χ2n) is 3.60. The van der Waals surface area contributed by atoms with Crippen LogP contribution in [0, 0.1) is 0 Å². The van der Waals surface area contributed by atoms with E-state index < -0.39 is 0 Å². The fraction of sp³-hybridized carbons (Fsp3) is 0.400. The van der Waals surface area contributed by atoms with Crippen LogP contribution >= 0.6 is 0 Å². The molecule has 2 N–H and O–H groups in total. The molecule has 1 aromatic heterocycles. The fourth-order valence-corrected chi connectivity index (χ4v) is 1.92. The summed E-state index contributed by atoms with van der Waals surface area (Å²) >= 11 is 0. The van der Waals surface area contributed by atoms with Crippen LogP contribution in [0.1, 0.15) is 18.0 Å². The second kappa shape index (κ2) is 3.38. The van der Waals surface area contributed by atoms with Gasteiger partial charge < -0.3 is 10.6 Å². The van der Waals surface area contributed by atoms with E-state index in [1.165, 1.54) is 0 Å². The van der Waals surface area contributed by atoms with Crippen LogP contribution in [0.5, 0.6) is 0 Å². The number of likely N-dealkylation sites (tertiary alicyclic amines) is 1. The van der Waals surface area contributed by atoms with E-state index in [1.54, 1.807) is 24.3 Å². The summed E-state index contributed by atoms with van der Waals surface area (Å²) in [4.78, 5) is 17.1. The Kier molecular flexibility index (Phi) is 2.21. The molecule has 1 amide bonds. The van der Waals surface area contributed by atoms with Gasteiger partial charge in [0.05, 0.1) is 6.04 Å². The summed E-state index contributed by atoms with van der Waals surface area (Å²) in [5.41, 5.74) is 6.91. The molecular formula is C10H13N3O. The summed E-state index contributed by atoms with van der Waals surface area (Å²) in [6, 6.07) is 3.68. The molecule has 4 heteroatoms. The SMILES string of the molecule is CN1C(=O)CC(N)C1c1cccnc1. The highest BCUT2D eigenvalue weighted by Crippen LogP contribution is 2.29. The van der Waals surface area contributed by atoms with Gasteiger partial charge in [0.2, 0.25) is 5.91 Å². The van der Waals surface area contributed by atoms with E-state index in [2.05, 4.69) is 4.98 Å². The quantitative estimate of drug-likeness (QED) is 0.695. The summed E-state index contributed by atoms with van der Waals surface area (Å²) in [5, 5.41) is 0. The van der Waals surface area contributed by atoms with E-state index in [0.717, 1.165) is 5.56 Å². The molecule has 0 bridgehead atoms. The molecule has 0 spiro atoms. The van der Waals surface area contributed by atoms with Gasteiger partial charge >= 0.3 is 0 Å². The van der Waals surface area contributed by atoms with Crippen molar-refractivity contribution in [2.75, 3.05) is 7.05 Å². The van der Waals surface area contributed by atoms with Gasteiger partial charge in [-0.25, -0.2) is 0 Å². The molecular weight excluding hydrogens is 178 g/mol. The van der Waals surface area contributed by atoms with Crippen molar-refractivity contribution in [1.29, 1.82) is 0 Å². The molecule has 2 rings (SSSR count). The van der Waals surface area contributed by atoms with Crippen LogP contribution in [0.4, 0.5) is 0 Å². The highest BCUT2D eigenvalue weighted by molar-refractivity contribution is 5.80. The Hall–Kier alpha value is -1.42. The fourth-order valence-electron chi connectivity index (χ4n) is 1.92. The monoisotopic (exact) mass is 191 g/mol. The minimum atomic E-state index is -0.114. The lowest BCUT2D eigenvalue weighted by Gasteiger charge is -2.22. The molecule has 1 aliphatic heterocycles. The summed E-state index contributed by atoms with van der Waals surface area (Å²) in [5.74, 6) is 0.103. The van der Waals surface area contributed by atoms with Crippen molar-refractivity contribution in [2.45, 2.75) is 18.5 Å². The molecule has 74 valence electrons. The van der Waals surface area contributed by atoms with Gasteiger partial charge in [-0.3, -0.25) is 9.78 Å². The van der Waals surface area contributed by atoms with Gasteiger partial charge in [-0.2, -0.15) is 0 Å². The lowest BCUT2D eigenvalue weighted by atomic mass is 10.0. The van der Waals surface area contributed by atoms with E-state index in [0.29, 0.717) is 6.42 Å². The van der Waals surface area contributed by atoms with Gasteiger partial charge in [0.25, 0.3) is 0 Å². The van der Waals surface area contributed by atoms with Gasteiger partial charge in [-0.05, 0) is 11.6 Å². The summed E-state index contributed by atoms with van der Waals surface area (Å²) in [6.45, 7) is 0. The van der Waals surface area contributed by atoms with Crippen LogP contribution in [-0.4, -0.2) is 28.9 Å². The zero-order valence-electron chi connectivity index (χ0n) is 8.05. The lowest BCUT2D eigenvalue weighted by Crippen LogP contribution is -2.30. The smallest absolute Gasteiger partial charge is 0.224 e. The van der Waals surface area contributed by atoms with E-state index in [9.17, 15) is 4.79 Å². The number of amides is 1. The number of nitrogens with zero attached hydrogens (tertiary/aromatic N) is 2. The van der Waals surface area contributed by atoms with E-state index in [4.69, 9.17) is 5.73 Å². The zero-order valence-corrected chi connectivity index (χ0v) is 8.05. The van der Waals surface area contributed by atoms with Crippen molar-refractivity contribution in [3.05, 3.63) is 30.1 Å². The predicted molar refractivity (Wildman–Crippen MR) is 52.3 cm³/mol. The van der Waals surface area contributed by atoms with Gasteiger partial charge in [0.15, 0.2) is 0 Å². The first-order valence-electron chi connectivity index (χ1n) is 4.61. The Morgan fingerprint density at radius 2 is 2.43 bits per heavy atom. The zero-order chi connectivity index (χ0) is 10.1. The molecule has 2 unspecified atom stereocenters. The minimum absolute atomic E-state index is 0.0174. The van der Waals surface area contributed by atoms with E-state index in [1.807, 2.05) is 12.1 Å². The first-order valence-corrected chi connectivity index (χ1v) is 4.61. The van der Waals surface area contributed by atoms with Gasteiger partial charge in [-0.1, -0.05) is 6.07 Å². The van der Waals surface area contributed by atoms with Gasteiger partial charge in [0, 0.05) is 31.9 Å². The van der Waals surface area contributed by atoms with E-state index >= 15 is 0 Å². The Morgan fingerprint density at radius 1 is 1.64 bits per heavy atom. The largest absolute Gasteiger partial charge is 0.337 e. The third-order valence-electron chi connectivity index (χ3n) is 2.65. The van der Waals surface area contributed by atoms with Crippen LogP contribution in [0.3, 0.4) is 0 Å². The maximum Gasteiger partial charge on any atom is 0.224 e. The standard InChI is InChI=1S/C10H13N3O/c1-13-9(14)5-8(11)10(13)7-3-2-4-12-6-7/h2-4,6,8,10H,5,11H2,1H3. The highest BCUT2D eigenvalue weighted by Gasteiger charge is 2.35. The molecule has 1 aromatic rings. The molecule has 0 saturated carbocycles. The minimum Gasteiger partial charge on any atom is -0.337 e. The summed E-state index contributed by atoms with van der Waals surface area (Å²) in [7, 11) is 1.78. The molecule has 14 heavy (non-hydrogen) atoms. The Balaban J connectivity index is 2.31. The maximum atomic E-state index is 11.4. The van der Waals surface area contributed by atoms with Gasteiger partial charge in [0.1, 0.15) is 0 Å². The van der Waals surface area contributed by atoms with Crippen molar-refractivity contribution in [1.82, 2.24) is 9.88 Å². The van der Waals surface area contributed by atoms with Crippen molar-refractivity contribution >= 4 is 5.91 Å². The topological polar surface area (TPSA) is 59.2 Å². The number of carbonyl (C=O) groups excluding carboxylic acids is 1. The average Bonchev–Trinajstić information content (AvgIpc) is 2.43. The first-order chi connectivity index (χ1) is 6.70. The molecule has 1 aliphatic rings. The molecule has 2 atom stereocenters. The second-order valence-corrected chi connectivity index (χ2v) is 3.60. The summed E-state index contributed by atoms with van der Waals surface area (Å²) < 4.78 is 0. The van der Waals surface area contributed by atoms with Gasteiger partial charge in [-0.15, -0.1) is 0 Å².